The van der Waals surface area contributed by atoms with Gasteiger partial charge < -0.3 is 15.3 Å². The number of aromatic nitrogens is 3. The second-order valence-electron chi connectivity index (χ2n) is 3.16. The lowest BCUT2D eigenvalue weighted by molar-refractivity contribution is 0.388. The number of hydrogen-bond donors (Lipinski definition) is 3. The van der Waals surface area contributed by atoms with E-state index >= 15 is 0 Å². The van der Waals surface area contributed by atoms with Gasteiger partial charge in [0.1, 0.15) is 17.5 Å². The van der Waals surface area contributed by atoms with Gasteiger partial charge in [0.25, 0.3) is 0 Å². The average Bonchev–Trinajstić information content (AvgIpc) is 2.78. The number of nitrogen functional groups attached to an aromatic ring is 1. The fourth-order valence-corrected chi connectivity index (χ4v) is 1.24. The van der Waals surface area contributed by atoms with Crippen LogP contribution in [-0.2, 0) is 6.54 Å². The molecule has 0 aliphatic carbocycles. The predicted octanol–water partition coefficient (Wildman–Crippen LogP) is 0.671. The van der Waals surface area contributed by atoms with Crippen molar-refractivity contribution < 1.29 is 4.52 Å². The molecule has 2 heterocycles. The van der Waals surface area contributed by atoms with E-state index in [2.05, 4.69) is 25.9 Å². The highest BCUT2D eigenvalue weighted by Crippen LogP contribution is 2.11. The van der Waals surface area contributed by atoms with E-state index in [0.29, 0.717) is 24.0 Å². The quantitative estimate of drug-likeness (QED) is 0.514. The van der Waals surface area contributed by atoms with E-state index in [-0.39, 0.29) is 0 Å². The number of hydrazine groups is 1. The van der Waals surface area contributed by atoms with Crippen molar-refractivity contribution in [3.05, 3.63) is 29.9 Å². The molecule has 16 heavy (non-hydrogen) atoms. The Morgan fingerprint density at radius 1 is 1.38 bits per heavy atom. The molecule has 0 aliphatic heterocycles. The van der Waals surface area contributed by atoms with Crippen LogP contribution in [0.15, 0.2) is 22.9 Å². The molecule has 0 saturated heterocycles. The molecule has 0 saturated carbocycles. The van der Waals surface area contributed by atoms with Crippen LogP contribution in [0.4, 0.5) is 11.6 Å². The first-order valence-corrected chi connectivity index (χ1v) is 4.73. The second kappa shape index (κ2) is 4.58. The lowest BCUT2D eigenvalue weighted by atomic mass is 10.4. The van der Waals surface area contributed by atoms with E-state index in [1.165, 1.54) is 0 Å². The van der Waals surface area contributed by atoms with Gasteiger partial charge in [0.15, 0.2) is 5.76 Å². The van der Waals surface area contributed by atoms with Gasteiger partial charge in [-0.25, -0.2) is 15.8 Å². The van der Waals surface area contributed by atoms with Crippen molar-refractivity contribution in [1.29, 1.82) is 0 Å². The zero-order chi connectivity index (χ0) is 11.4. The molecule has 0 unspecified atom stereocenters. The highest BCUT2D eigenvalue weighted by Gasteiger charge is 2.02. The Morgan fingerprint density at radius 3 is 2.88 bits per heavy atom. The number of nitrogens with two attached hydrogens (primary N) is 1. The predicted molar refractivity (Wildman–Crippen MR) is 58.4 cm³/mol. The Bertz CT molecular complexity index is 455. The molecule has 0 radical (unpaired) electrons. The van der Waals surface area contributed by atoms with Crippen LogP contribution in [0.2, 0.25) is 0 Å². The summed E-state index contributed by atoms with van der Waals surface area (Å²) in [6, 6.07) is 3.49. The van der Waals surface area contributed by atoms with Crippen molar-refractivity contribution >= 4 is 11.6 Å². The van der Waals surface area contributed by atoms with E-state index in [9.17, 15) is 0 Å². The van der Waals surface area contributed by atoms with Crippen LogP contribution < -0.4 is 16.6 Å². The highest BCUT2D eigenvalue weighted by molar-refractivity contribution is 5.46. The summed E-state index contributed by atoms with van der Waals surface area (Å²) in [5.74, 6) is 7.89. The number of anilines is 2. The van der Waals surface area contributed by atoms with Gasteiger partial charge >= 0.3 is 0 Å². The fraction of sp³-hybridized carbons (Fsp3) is 0.222. The highest BCUT2D eigenvalue weighted by atomic mass is 16.5. The van der Waals surface area contributed by atoms with Crippen molar-refractivity contribution in [3.63, 3.8) is 0 Å². The summed E-state index contributed by atoms with van der Waals surface area (Å²) in [6.07, 6.45) is 1.59. The topological polar surface area (TPSA) is 102 Å². The van der Waals surface area contributed by atoms with Crippen LogP contribution in [0.5, 0.6) is 0 Å². The molecule has 0 amide bonds. The van der Waals surface area contributed by atoms with Crippen molar-refractivity contribution in [3.8, 4) is 0 Å². The standard InChI is InChI=1S/C9H12N6O/c1-6-13-8(4-9(14-6)15-10)11-5-7-2-3-12-16-7/h2-4H,5,10H2,1H3,(H2,11,13,14,15). The third-order valence-corrected chi connectivity index (χ3v) is 1.92. The summed E-state index contributed by atoms with van der Waals surface area (Å²) in [6.45, 7) is 2.31. The van der Waals surface area contributed by atoms with E-state index in [0.717, 1.165) is 5.76 Å². The van der Waals surface area contributed by atoms with Gasteiger partial charge in [0.05, 0.1) is 12.7 Å². The Labute approximate surface area is 92.0 Å². The molecular weight excluding hydrogens is 208 g/mol. The summed E-state index contributed by atoms with van der Waals surface area (Å²) < 4.78 is 4.95. The van der Waals surface area contributed by atoms with Gasteiger partial charge in [0, 0.05) is 12.1 Å². The summed E-state index contributed by atoms with van der Waals surface area (Å²) in [5.41, 5.74) is 2.47. The van der Waals surface area contributed by atoms with Gasteiger partial charge in [-0.2, -0.15) is 0 Å². The molecule has 84 valence electrons. The van der Waals surface area contributed by atoms with Crippen molar-refractivity contribution in [1.82, 2.24) is 15.1 Å². The zero-order valence-electron chi connectivity index (χ0n) is 8.77. The normalized spacial score (nSPS) is 10.1. The maximum atomic E-state index is 5.28. The van der Waals surface area contributed by atoms with Gasteiger partial charge in [0.2, 0.25) is 0 Å². The minimum Gasteiger partial charge on any atom is -0.363 e. The first-order valence-electron chi connectivity index (χ1n) is 4.73. The number of nitrogens with zero attached hydrogens (tertiary/aromatic N) is 3. The smallest absolute Gasteiger partial charge is 0.155 e. The average molecular weight is 220 g/mol. The van der Waals surface area contributed by atoms with Crippen LogP contribution in [0.25, 0.3) is 0 Å². The molecule has 4 N–H and O–H groups in total. The summed E-state index contributed by atoms with van der Waals surface area (Å²) >= 11 is 0. The lowest BCUT2D eigenvalue weighted by Crippen LogP contribution is -2.11. The largest absolute Gasteiger partial charge is 0.363 e. The first kappa shape index (κ1) is 10.4. The summed E-state index contributed by atoms with van der Waals surface area (Å²) in [4.78, 5) is 8.28. The minimum absolute atomic E-state index is 0.514. The number of rotatable bonds is 4. The third kappa shape index (κ3) is 2.45. The summed E-state index contributed by atoms with van der Waals surface area (Å²) in [7, 11) is 0. The van der Waals surface area contributed by atoms with Crippen molar-refractivity contribution in [2.75, 3.05) is 10.7 Å². The Hall–Kier alpha value is -2.15. The molecule has 0 aliphatic rings. The maximum Gasteiger partial charge on any atom is 0.155 e. The molecule has 2 aromatic heterocycles. The van der Waals surface area contributed by atoms with Crippen LogP contribution >= 0.6 is 0 Å². The van der Waals surface area contributed by atoms with E-state index < -0.39 is 0 Å². The van der Waals surface area contributed by atoms with Gasteiger partial charge in [-0.3, -0.25) is 0 Å². The van der Waals surface area contributed by atoms with Crippen LogP contribution in [0.3, 0.4) is 0 Å². The summed E-state index contributed by atoms with van der Waals surface area (Å²) in [5, 5.41) is 6.69. The lowest BCUT2D eigenvalue weighted by Gasteiger charge is -2.06. The van der Waals surface area contributed by atoms with E-state index in [4.69, 9.17) is 10.4 Å². The monoisotopic (exact) mass is 220 g/mol. The Balaban J connectivity index is 2.06. The molecular formula is C9H12N6O. The van der Waals surface area contributed by atoms with E-state index in [1.807, 2.05) is 0 Å². The number of hydrogen-bond acceptors (Lipinski definition) is 7. The molecule has 0 atom stereocenters. The Kier molecular flexibility index (Phi) is 2.97. The number of aryl methyl sites for hydroxylation is 1. The van der Waals surface area contributed by atoms with E-state index in [1.54, 1.807) is 25.3 Å². The van der Waals surface area contributed by atoms with Crippen molar-refractivity contribution in [2.24, 2.45) is 5.84 Å². The van der Waals surface area contributed by atoms with Crippen LogP contribution in [0, 0.1) is 6.92 Å². The maximum absolute atomic E-state index is 5.28. The third-order valence-electron chi connectivity index (χ3n) is 1.92. The fourth-order valence-electron chi connectivity index (χ4n) is 1.24. The van der Waals surface area contributed by atoms with Crippen LogP contribution in [0.1, 0.15) is 11.6 Å². The van der Waals surface area contributed by atoms with Gasteiger partial charge in [-0.05, 0) is 6.92 Å². The molecule has 0 fully saturated rings. The molecule has 2 aromatic rings. The molecule has 0 aromatic carbocycles. The number of nitrogens with one attached hydrogen (secondary N) is 2. The van der Waals surface area contributed by atoms with Crippen LogP contribution in [-0.4, -0.2) is 15.1 Å². The Morgan fingerprint density at radius 2 is 2.19 bits per heavy atom. The molecule has 2 rings (SSSR count). The SMILES string of the molecule is Cc1nc(NN)cc(NCc2ccno2)n1. The van der Waals surface area contributed by atoms with Gasteiger partial charge in [-0.1, -0.05) is 5.16 Å². The molecule has 7 heteroatoms. The van der Waals surface area contributed by atoms with Crippen molar-refractivity contribution in [2.45, 2.75) is 13.5 Å². The zero-order valence-corrected chi connectivity index (χ0v) is 8.77. The molecule has 0 spiro atoms. The molecule has 7 nitrogen and oxygen atoms in total. The minimum atomic E-state index is 0.514. The first-order chi connectivity index (χ1) is 7.78. The molecule has 0 bridgehead atoms. The van der Waals surface area contributed by atoms with Gasteiger partial charge in [-0.15, -0.1) is 0 Å². The second-order valence-corrected chi connectivity index (χ2v) is 3.16.